The monoisotopic (exact) mass is 334 g/mol. The third kappa shape index (κ3) is 2.71. The van der Waals surface area contributed by atoms with Gasteiger partial charge < -0.3 is 0 Å². The van der Waals surface area contributed by atoms with Gasteiger partial charge in [0.25, 0.3) is 5.91 Å². The van der Waals surface area contributed by atoms with Gasteiger partial charge in [0.15, 0.2) is 10.8 Å². The van der Waals surface area contributed by atoms with Crippen LogP contribution in [0.15, 0.2) is 18.2 Å². The molecule has 0 aliphatic carbocycles. The van der Waals surface area contributed by atoms with Crippen molar-refractivity contribution in [1.29, 1.82) is 0 Å². The van der Waals surface area contributed by atoms with Crippen LogP contribution >= 0.6 is 22.9 Å². The molecule has 0 saturated heterocycles. The van der Waals surface area contributed by atoms with Crippen LogP contribution in [-0.4, -0.2) is 20.7 Å². The Bertz CT molecular complexity index is 868. The molecular weight excluding hydrogens is 320 g/mol. The number of thiazole rings is 1. The van der Waals surface area contributed by atoms with Crippen molar-refractivity contribution in [2.75, 3.05) is 5.32 Å². The summed E-state index contributed by atoms with van der Waals surface area (Å²) in [6.45, 7) is 6.60. The van der Waals surface area contributed by atoms with Crippen LogP contribution in [0.2, 0.25) is 5.02 Å². The molecule has 1 amide bonds. The van der Waals surface area contributed by atoms with E-state index in [2.05, 4.69) is 15.4 Å². The molecule has 1 aromatic carbocycles. The van der Waals surface area contributed by atoms with E-state index in [4.69, 9.17) is 11.6 Å². The Morgan fingerprint density at radius 1 is 1.36 bits per heavy atom. The summed E-state index contributed by atoms with van der Waals surface area (Å²) in [4.78, 5) is 16.7. The van der Waals surface area contributed by atoms with Crippen molar-refractivity contribution in [3.8, 4) is 0 Å². The molecule has 3 aromatic rings. The quantitative estimate of drug-likeness (QED) is 0.786. The number of hydrogen-bond acceptors (Lipinski definition) is 4. The molecule has 22 heavy (non-hydrogen) atoms. The Hall–Kier alpha value is -1.92. The van der Waals surface area contributed by atoms with Crippen LogP contribution in [0.4, 0.5) is 5.13 Å². The molecule has 114 valence electrons. The van der Waals surface area contributed by atoms with Gasteiger partial charge in [-0.25, -0.2) is 4.98 Å². The molecule has 5 nitrogen and oxygen atoms in total. The largest absolute Gasteiger partial charge is 0.296 e. The van der Waals surface area contributed by atoms with Crippen molar-refractivity contribution in [3.05, 3.63) is 40.2 Å². The minimum absolute atomic E-state index is 0.252. The Balaban J connectivity index is 1.89. The van der Waals surface area contributed by atoms with Gasteiger partial charge in [-0.3, -0.25) is 14.8 Å². The highest BCUT2D eigenvalue weighted by Gasteiger charge is 2.15. The van der Waals surface area contributed by atoms with Gasteiger partial charge in [0.2, 0.25) is 0 Å². The SMILES string of the molecule is CCn1nc(C(=O)Nc2nc3c(C)cc(Cl)cc3s2)cc1C. The second kappa shape index (κ2) is 5.70. The zero-order valence-corrected chi connectivity index (χ0v) is 14.0. The number of rotatable bonds is 3. The number of aromatic nitrogens is 3. The van der Waals surface area contributed by atoms with Crippen LogP contribution in [0, 0.1) is 13.8 Å². The van der Waals surface area contributed by atoms with E-state index in [1.54, 1.807) is 10.7 Å². The van der Waals surface area contributed by atoms with Crippen LogP contribution in [-0.2, 0) is 6.54 Å². The van der Waals surface area contributed by atoms with Gasteiger partial charge in [0.05, 0.1) is 10.2 Å². The fourth-order valence-corrected chi connectivity index (χ4v) is 3.63. The van der Waals surface area contributed by atoms with Gasteiger partial charge in [-0.05, 0) is 44.5 Å². The summed E-state index contributed by atoms with van der Waals surface area (Å²) in [5.41, 5.74) is 3.21. The summed E-state index contributed by atoms with van der Waals surface area (Å²) < 4.78 is 2.74. The van der Waals surface area contributed by atoms with E-state index in [1.807, 2.05) is 32.9 Å². The molecule has 0 aliphatic rings. The highest BCUT2D eigenvalue weighted by atomic mass is 35.5. The lowest BCUT2D eigenvalue weighted by atomic mass is 10.2. The molecule has 2 heterocycles. The van der Waals surface area contributed by atoms with Crippen molar-refractivity contribution < 1.29 is 4.79 Å². The molecule has 0 unspecified atom stereocenters. The number of hydrogen-bond donors (Lipinski definition) is 1. The Labute approximate surface area is 136 Å². The van der Waals surface area contributed by atoms with E-state index in [1.165, 1.54) is 11.3 Å². The molecular formula is C15H15ClN4OS. The second-order valence-electron chi connectivity index (χ2n) is 5.03. The van der Waals surface area contributed by atoms with E-state index < -0.39 is 0 Å². The molecule has 0 saturated carbocycles. The molecule has 0 spiro atoms. The molecule has 7 heteroatoms. The third-order valence-electron chi connectivity index (χ3n) is 3.38. The molecule has 0 radical (unpaired) electrons. The average molecular weight is 335 g/mol. The first-order valence-electron chi connectivity index (χ1n) is 6.90. The number of nitrogens with one attached hydrogen (secondary N) is 1. The van der Waals surface area contributed by atoms with Gasteiger partial charge in [-0.15, -0.1) is 0 Å². The summed E-state index contributed by atoms with van der Waals surface area (Å²) in [5, 5.41) is 8.30. The zero-order chi connectivity index (χ0) is 15.9. The zero-order valence-electron chi connectivity index (χ0n) is 12.5. The van der Waals surface area contributed by atoms with Gasteiger partial charge in [0.1, 0.15) is 0 Å². The number of fused-ring (bicyclic) bond motifs is 1. The summed E-state index contributed by atoms with van der Waals surface area (Å²) >= 11 is 7.45. The number of nitrogens with zero attached hydrogens (tertiary/aromatic N) is 3. The first kappa shape index (κ1) is 15.0. The van der Waals surface area contributed by atoms with Crippen LogP contribution in [0.3, 0.4) is 0 Å². The number of anilines is 1. The van der Waals surface area contributed by atoms with Gasteiger partial charge in [0, 0.05) is 17.3 Å². The lowest BCUT2D eigenvalue weighted by Crippen LogP contribution is -2.13. The minimum Gasteiger partial charge on any atom is -0.296 e. The van der Waals surface area contributed by atoms with E-state index in [-0.39, 0.29) is 5.91 Å². The maximum Gasteiger partial charge on any atom is 0.277 e. The normalized spacial score (nSPS) is 11.1. The summed E-state index contributed by atoms with van der Waals surface area (Å²) in [6.07, 6.45) is 0. The lowest BCUT2D eigenvalue weighted by Gasteiger charge is -1.98. The van der Waals surface area contributed by atoms with E-state index >= 15 is 0 Å². The fourth-order valence-electron chi connectivity index (χ4n) is 2.31. The Morgan fingerprint density at radius 3 is 2.82 bits per heavy atom. The topological polar surface area (TPSA) is 59.8 Å². The van der Waals surface area contributed by atoms with Crippen LogP contribution < -0.4 is 5.32 Å². The minimum atomic E-state index is -0.252. The van der Waals surface area contributed by atoms with Crippen LogP contribution in [0.5, 0.6) is 0 Å². The van der Waals surface area contributed by atoms with Crippen LogP contribution in [0.25, 0.3) is 10.2 Å². The summed E-state index contributed by atoms with van der Waals surface area (Å²) in [7, 11) is 0. The highest BCUT2D eigenvalue weighted by molar-refractivity contribution is 7.22. The number of amides is 1. The highest BCUT2D eigenvalue weighted by Crippen LogP contribution is 2.31. The Kier molecular flexibility index (Phi) is 3.88. The van der Waals surface area contributed by atoms with Crippen LogP contribution in [0.1, 0.15) is 28.7 Å². The molecule has 0 fully saturated rings. The molecule has 0 atom stereocenters. The summed E-state index contributed by atoms with van der Waals surface area (Å²) in [6, 6.07) is 5.49. The predicted molar refractivity (Wildman–Crippen MR) is 90.0 cm³/mol. The number of aryl methyl sites for hydroxylation is 3. The molecule has 2 aromatic heterocycles. The Morgan fingerprint density at radius 2 is 2.14 bits per heavy atom. The lowest BCUT2D eigenvalue weighted by molar-refractivity contribution is 0.102. The number of halogens is 1. The van der Waals surface area contributed by atoms with Gasteiger partial charge >= 0.3 is 0 Å². The van der Waals surface area contributed by atoms with Crippen molar-refractivity contribution in [2.45, 2.75) is 27.3 Å². The average Bonchev–Trinajstić information content (AvgIpc) is 3.02. The van der Waals surface area contributed by atoms with Crippen molar-refractivity contribution in [2.24, 2.45) is 0 Å². The maximum atomic E-state index is 12.3. The number of benzene rings is 1. The van der Waals surface area contributed by atoms with Gasteiger partial charge in [-0.1, -0.05) is 22.9 Å². The number of carbonyl (C=O) groups is 1. The van der Waals surface area contributed by atoms with E-state index in [9.17, 15) is 4.79 Å². The van der Waals surface area contributed by atoms with Gasteiger partial charge in [-0.2, -0.15) is 5.10 Å². The third-order valence-corrected chi connectivity index (χ3v) is 4.52. The molecule has 0 bridgehead atoms. The standard InChI is InChI=1S/C15H15ClN4OS/c1-4-20-9(3)6-11(19-20)14(21)18-15-17-13-8(2)5-10(16)7-12(13)22-15/h5-7H,4H2,1-3H3,(H,17,18,21). The first-order valence-corrected chi connectivity index (χ1v) is 8.10. The maximum absolute atomic E-state index is 12.3. The predicted octanol–water partition coefficient (Wildman–Crippen LogP) is 4.04. The van der Waals surface area contributed by atoms with E-state index in [0.717, 1.165) is 28.0 Å². The fraction of sp³-hybridized carbons (Fsp3) is 0.267. The van der Waals surface area contributed by atoms with E-state index in [0.29, 0.717) is 15.8 Å². The summed E-state index contributed by atoms with van der Waals surface area (Å²) in [5.74, 6) is -0.252. The van der Waals surface area contributed by atoms with Crippen molar-refractivity contribution >= 4 is 44.2 Å². The molecule has 3 rings (SSSR count). The molecule has 1 N–H and O–H groups in total. The number of carbonyl (C=O) groups excluding carboxylic acids is 1. The first-order chi connectivity index (χ1) is 10.5. The second-order valence-corrected chi connectivity index (χ2v) is 6.50. The molecule has 0 aliphatic heterocycles. The smallest absolute Gasteiger partial charge is 0.277 e. The van der Waals surface area contributed by atoms with Crippen molar-refractivity contribution in [3.63, 3.8) is 0 Å². The van der Waals surface area contributed by atoms with Crippen molar-refractivity contribution in [1.82, 2.24) is 14.8 Å².